The van der Waals surface area contributed by atoms with Crippen LogP contribution in [0.4, 0.5) is 0 Å². The number of para-hydroxylation sites is 1. The molecule has 0 unspecified atom stereocenters. The fourth-order valence-electron chi connectivity index (χ4n) is 7.22. The van der Waals surface area contributed by atoms with E-state index in [0.717, 1.165) is 44.2 Å². The molecule has 10 aromatic rings. The number of benzene rings is 8. The van der Waals surface area contributed by atoms with Crippen molar-refractivity contribution in [1.82, 2.24) is 15.0 Å². The number of nitrogens with zero attached hydrogens (tertiary/aromatic N) is 3. The van der Waals surface area contributed by atoms with Crippen LogP contribution in [0.15, 0.2) is 168 Å². The quantitative estimate of drug-likeness (QED) is 0.183. The van der Waals surface area contributed by atoms with E-state index in [1.54, 1.807) is 0 Å². The second-order valence-corrected chi connectivity index (χ2v) is 12.4. The van der Waals surface area contributed by atoms with Crippen molar-refractivity contribution in [3.05, 3.63) is 164 Å². The van der Waals surface area contributed by atoms with Gasteiger partial charge in [0, 0.05) is 27.5 Å². The molecule has 2 aromatic heterocycles. The van der Waals surface area contributed by atoms with Gasteiger partial charge in [-0.3, -0.25) is 0 Å². The summed E-state index contributed by atoms with van der Waals surface area (Å²) in [5.74, 6) is 1.86. The minimum atomic E-state index is 0.609. The Kier molecular flexibility index (Phi) is 6.15. The molecule has 0 N–H and O–H groups in total. The number of fused-ring (bicyclic) bond motifs is 8. The molecule has 0 spiro atoms. The third-order valence-electron chi connectivity index (χ3n) is 9.53. The first kappa shape index (κ1) is 27.5. The van der Waals surface area contributed by atoms with Gasteiger partial charge in [-0.2, -0.15) is 0 Å². The van der Waals surface area contributed by atoms with Crippen molar-refractivity contribution in [2.75, 3.05) is 0 Å². The molecule has 0 atom stereocenters. The number of hydrogen-bond acceptors (Lipinski definition) is 4. The van der Waals surface area contributed by atoms with Crippen molar-refractivity contribution in [1.29, 1.82) is 0 Å². The highest BCUT2D eigenvalue weighted by molar-refractivity contribution is 6.22. The summed E-state index contributed by atoms with van der Waals surface area (Å²) in [4.78, 5) is 15.1. The predicted molar refractivity (Wildman–Crippen MR) is 201 cm³/mol. The summed E-state index contributed by atoms with van der Waals surface area (Å²) in [6, 6.07) is 57.0. The smallest absolute Gasteiger partial charge is 0.164 e. The second-order valence-electron chi connectivity index (χ2n) is 12.4. The van der Waals surface area contributed by atoms with E-state index >= 15 is 0 Å². The maximum atomic E-state index is 6.20. The molecule has 4 heteroatoms. The maximum absolute atomic E-state index is 6.20. The SMILES string of the molecule is c1ccc(-c2nc(-c3ccc(-c4cccc5c4ccc4ccc6ccccc6c45)cc3)nc(-c3cccc4oc5ccccc5c34)n2)cc1. The maximum Gasteiger partial charge on any atom is 0.164 e. The van der Waals surface area contributed by atoms with Gasteiger partial charge in [-0.15, -0.1) is 0 Å². The molecule has 10 rings (SSSR count). The number of furan rings is 1. The molecule has 4 nitrogen and oxygen atoms in total. The van der Waals surface area contributed by atoms with Crippen LogP contribution in [0.2, 0.25) is 0 Å². The number of aromatic nitrogens is 3. The van der Waals surface area contributed by atoms with Gasteiger partial charge in [-0.1, -0.05) is 152 Å². The third kappa shape index (κ3) is 4.49. The Morgan fingerprint density at radius 3 is 1.76 bits per heavy atom. The molecule has 0 saturated heterocycles. The molecule has 49 heavy (non-hydrogen) atoms. The highest BCUT2D eigenvalue weighted by atomic mass is 16.3. The zero-order valence-corrected chi connectivity index (χ0v) is 26.3. The third-order valence-corrected chi connectivity index (χ3v) is 9.53. The molecule has 0 radical (unpaired) electrons. The van der Waals surface area contributed by atoms with E-state index in [9.17, 15) is 0 Å². The average molecular weight is 626 g/mol. The van der Waals surface area contributed by atoms with Crippen molar-refractivity contribution < 1.29 is 4.42 Å². The molecule has 0 amide bonds. The topological polar surface area (TPSA) is 51.8 Å². The first-order valence-corrected chi connectivity index (χ1v) is 16.4. The van der Waals surface area contributed by atoms with Crippen LogP contribution < -0.4 is 0 Å². The van der Waals surface area contributed by atoms with E-state index in [1.165, 1.54) is 37.9 Å². The van der Waals surface area contributed by atoms with Crippen LogP contribution in [0.25, 0.3) is 99.5 Å². The molecule has 0 aliphatic rings. The highest BCUT2D eigenvalue weighted by Crippen LogP contribution is 2.39. The molecule has 0 bridgehead atoms. The monoisotopic (exact) mass is 625 g/mol. The van der Waals surface area contributed by atoms with Gasteiger partial charge in [0.15, 0.2) is 17.5 Å². The van der Waals surface area contributed by atoms with Gasteiger partial charge < -0.3 is 4.42 Å². The van der Waals surface area contributed by atoms with Crippen LogP contribution in [0, 0.1) is 0 Å². The summed E-state index contributed by atoms with van der Waals surface area (Å²) < 4.78 is 6.20. The number of hydrogen-bond donors (Lipinski definition) is 0. The van der Waals surface area contributed by atoms with Crippen molar-refractivity contribution >= 4 is 54.3 Å². The van der Waals surface area contributed by atoms with E-state index in [-0.39, 0.29) is 0 Å². The average Bonchev–Trinajstić information content (AvgIpc) is 3.57. The van der Waals surface area contributed by atoms with E-state index in [4.69, 9.17) is 19.4 Å². The summed E-state index contributed by atoms with van der Waals surface area (Å²) >= 11 is 0. The van der Waals surface area contributed by atoms with Crippen LogP contribution in [-0.4, -0.2) is 15.0 Å². The van der Waals surface area contributed by atoms with Crippen LogP contribution >= 0.6 is 0 Å². The van der Waals surface area contributed by atoms with E-state index < -0.39 is 0 Å². The van der Waals surface area contributed by atoms with E-state index in [0.29, 0.717) is 17.5 Å². The Hall–Kier alpha value is -6.65. The Bertz CT molecular complexity index is 2870. The van der Waals surface area contributed by atoms with Gasteiger partial charge in [0.25, 0.3) is 0 Å². The molecule has 0 aliphatic heterocycles. The van der Waals surface area contributed by atoms with Crippen LogP contribution in [0.1, 0.15) is 0 Å². The molecular weight excluding hydrogens is 599 g/mol. The van der Waals surface area contributed by atoms with Crippen LogP contribution in [-0.2, 0) is 0 Å². The fraction of sp³-hybridized carbons (Fsp3) is 0. The molecule has 0 aliphatic carbocycles. The zero-order valence-electron chi connectivity index (χ0n) is 26.3. The van der Waals surface area contributed by atoms with Gasteiger partial charge >= 0.3 is 0 Å². The summed E-state index contributed by atoms with van der Waals surface area (Å²) in [5, 5.41) is 9.59. The Morgan fingerprint density at radius 2 is 0.898 bits per heavy atom. The molecule has 0 fully saturated rings. The summed E-state index contributed by atoms with van der Waals surface area (Å²) in [7, 11) is 0. The van der Waals surface area contributed by atoms with Crippen molar-refractivity contribution in [3.63, 3.8) is 0 Å². The zero-order chi connectivity index (χ0) is 32.3. The first-order valence-electron chi connectivity index (χ1n) is 16.4. The second kappa shape index (κ2) is 11.0. The molecule has 2 heterocycles. The van der Waals surface area contributed by atoms with Crippen molar-refractivity contribution in [2.24, 2.45) is 0 Å². The highest BCUT2D eigenvalue weighted by Gasteiger charge is 2.18. The van der Waals surface area contributed by atoms with Crippen LogP contribution in [0.5, 0.6) is 0 Å². The lowest BCUT2D eigenvalue weighted by atomic mass is 9.92. The Morgan fingerprint density at radius 1 is 0.306 bits per heavy atom. The normalized spacial score (nSPS) is 11.7. The Labute approximate surface area is 282 Å². The van der Waals surface area contributed by atoms with E-state index in [1.807, 2.05) is 60.7 Å². The predicted octanol–water partition coefficient (Wildman–Crippen LogP) is 11.9. The lowest BCUT2D eigenvalue weighted by Gasteiger charge is -2.12. The Balaban J connectivity index is 1.12. The molecule has 8 aromatic carbocycles. The summed E-state index contributed by atoms with van der Waals surface area (Å²) in [6.07, 6.45) is 0. The summed E-state index contributed by atoms with van der Waals surface area (Å²) in [5.41, 5.74) is 6.75. The van der Waals surface area contributed by atoms with Gasteiger partial charge in [-0.25, -0.2) is 15.0 Å². The number of rotatable bonds is 4. The first-order chi connectivity index (χ1) is 24.3. The van der Waals surface area contributed by atoms with Crippen molar-refractivity contribution in [3.8, 4) is 45.3 Å². The lowest BCUT2D eigenvalue weighted by molar-refractivity contribution is 0.669. The van der Waals surface area contributed by atoms with Gasteiger partial charge in [0.05, 0.1) is 0 Å². The largest absolute Gasteiger partial charge is 0.456 e. The molecule has 228 valence electrons. The minimum absolute atomic E-state index is 0.609. The van der Waals surface area contributed by atoms with Crippen LogP contribution in [0.3, 0.4) is 0 Å². The standard InChI is InChI=1S/C45H27N3O/c1-2-11-31(12-3-1)43-46-44(48-45(47-43)38-17-9-19-40-42(38)37-14-6-7-18-39(37)49-40)32-24-21-29(22-25-32)33-15-8-16-36-35(33)27-26-30-23-20-28-10-4-5-13-34(28)41(30)36/h1-27H. The molecule has 0 saturated carbocycles. The van der Waals surface area contributed by atoms with Gasteiger partial charge in [0.2, 0.25) is 0 Å². The van der Waals surface area contributed by atoms with Crippen molar-refractivity contribution in [2.45, 2.75) is 0 Å². The summed E-state index contributed by atoms with van der Waals surface area (Å²) in [6.45, 7) is 0. The van der Waals surface area contributed by atoms with Gasteiger partial charge in [-0.05, 0) is 55.6 Å². The molecular formula is C45H27N3O. The van der Waals surface area contributed by atoms with Gasteiger partial charge in [0.1, 0.15) is 11.2 Å². The van der Waals surface area contributed by atoms with E-state index in [2.05, 4.69) is 103 Å². The fourth-order valence-corrected chi connectivity index (χ4v) is 7.22. The lowest BCUT2D eigenvalue weighted by Crippen LogP contribution is -2.00. The minimum Gasteiger partial charge on any atom is -0.456 e.